The number of hydrogen-bond donors (Lipinski definition) is 1. The minimum atomic E-state index is -0.362. The lowest BCUT2D eigenvalue weighted by Crippen LogP contribution is -2.22. The van der Waals surface area contributed by atoms with E-state index < -0.39 is 0 Å². The second-order valence-electron chi connectivity index (χ2n) is 7.80. The zero-order valence-corrected chi connectivity index (χ0v) is 18.1. The summed E-state index contributed by atoms with van der Waals surface area (Å²) in [5.74, 6) is 0. The topological polar surface area (TPSA) is 78.2 Å². The molecule has 0 bridgehead atoms. The lowest BCUT2D eigenvalue weighted by molar-refractivity contribution is 0.0297. The standard InChI is InChI=1S/C22H45N3O2/c1-3-5-7-8-9-10-11-12-13-14-15-16-17-22(27-18-6-4-2)19-21(20-26)24-25-23/h21-22,26H,3-20H2,1-2H3/t21-,22-/m1/s1. The largest absolute Gasteiger partial charge is 0.396 e. The molecular weight excluding hydrogens is 338 g/mol. The molecule has 0 spiro atoms. The van der Waals surface area contributed by atoms with E-state index in [2.05, 4.69) is 23.9 Å². The van der Waals surface area contributed by atoms with Crippen LogP contribution < -0.4 is 0 Å². The smallest absolute Gasteiger partial charge is 0.0629 e. The maximum absolute atomic E-state index is 9.33. The summed E-state index contributed by atoms with van der Waals surface area (Å²) in [5.41, 5.74) is 8.59. The lowest BCUT2D eigenvalue weighted by atomic mass is 10.0. The molecule has 0 amide bonds. The summed E-state index contributed by atoms with van der Waals surface area (Å²) in [6.45, 7) is 5.08. The predicted molar refractivity (Wildman–Crippen MR) is 115 cm³/mol. The minimum absolute atomic E-state index is 0.0994. The molecular formula is C22H45N3O2. The molecule has 0 radical (unpaired) electrons. The molecule has 0 aliphatic heterocycles. The van der Waals surface area contributed by atoms with Gasteiger partial charge in [0.1, 0.15) is 0 Å². The van der Waals surface area contributed by atoms with Gasteiger partial charge in [0.05, 0.1) is 18.8 Å². The molecule has 160 valence electrons. The molecule has 0 saturated carbocycles. The Morgan fingerprint density at radius 2 is 1.33 bits per heavy atom. The summed E-state index contributed by atoms with van der Waals surface area (Å²) in [6.07, 6.45) is 20.1. The van der Waals surface area contributed by atoms with Crippen LogP contribution in [-0.4, -0.2) is 30.5 Å². The van der Waals surface area contributed by atoms with Gasteiger partial charge in [-0.05, 0) is 24.8 Å². The maximum atomic E-state index is 9.33. The first-order valence-electron chi connectivity index (χ1n) is 11.5. The zero-order chi connectivity index (χ0) is 20.0. The van der Waals surface area contributed by atoms with E-state index in [0.717, 1.165) is 32.3 Å². The normalized spacial score (nSPS) is 13.3. The predicted octanol–water partition coefficient (Wildman–Crippen LogP) is 7.32. The van der Waals surface area contributed by atoms with Gasteiger partial charge in [0.25, 0.3) is 0 Å². The van der Waals surface area contributed by atoms with Crippen molar-refractivity contribution in [3.8, 4) is 0 Å². The van der Waals surface area contributed by atoms with E-state index in [1.54, 1.807) is 0 Å². The van der Waals surface area contributed by atoms with Crippen LogP contribution in [0, 0.1) is 0 Å². The van der Waals surface area contributed by atoms with Gasteiger partial charge in [-0.2, -0.15) is 0 Å². The molecule has 2 atom stereocenters. The number of rotatable bonds is 21. The third-order valence-electron chi connectivity index (χ3n) is 5.19. The number of ether oxygens (including phenoxy) is 1. The average molecular weight is 384 g/mol. The second kappa shape index (κ2) is 21.5. The Balaban J connectivity index is 3.74. The maximum Gasteiger partial charge on any atom is 0.0629 e. The highest BCUT2D eigenvalue weighted by molar-refractivity contribution is 4.72. The summed E-state index contributed by atoms with van der Waals surface area (Å²) in [4.78, 5) is 2.83. The van der Waals surface area contributed by atoms with E-state index in [9.17, 15) is 5.11 Å². The summed E-state index contributed by atoms with van der Waals surface area (Å²) in [7, 11) is 0. The number of azide groups is 1. The molecule has 1 N–H and O–H groups in total. The van der Waals surface area contributed by atoms with Crippen LogP contribution in [0.4, 0.5) is 0 Å². The molecule has 0 heterocycles. The van der Waals surface area contributed by atoms with E-state index >= 15 is 0 Å². The molecule has 0 aromatic heterocycles. The molecule has 27 heavy (non-hydrogen) atoms. The number of hydrogen-bond acceptors (Lipinski definition) is 3. The molecule has 0 aliphatic carbocycles. The number of aliphatic hydroxyl groups is 1. The fraction of sp³-hybridized carbons (Fsp3) is 1.00. The van der Waals surface area contributed by atoms with Crippen molar-refractivity contribution >= 4 is 0 Å². The summed E-state index contributed by atoms with van der Waals surface area (Å²) < 4.78 is 5.97. The first-order valence-corrected chi connectivity index (χ1v) is 11.5. The van der Waals surface area contributed by atoms with Crippen molar-refractivity contribution in [3.05, 3.63) is 10.4 Å². The first kappa shape index (κ1) is 26.2. The monoisotopic (exact) mass is 383 g/mol. The Morgan fingerprint density at radius 3 is 1.81 bits per heavy atom. The molecule has 0 aromatic rings. The van der Waals surface area contributed by atoms with Crippen LogP contribution in [-0.2, 0) is 4.74 Å². The Hall–Kier alpha value is -0.770. The summed E-state index contributed by atoms with van der Waals surface area (Å²) in [5, 5.41) is 13.0. The third kappa shape index (κ3) is 18.4. The Labute approximate surface area is 167 Å². The van der Waals surface area contributed by atoms with Crippen molar-refractivity contribution in [2.45, 2.75) is 129 Å². The van der Waals surface area contributed by atoms with Crippen LogP contribution in [0.1, 0.15) is 117 Å². The van der Waals surface area contributed by atoms with Crippen LogP contribution in [0.3, 0.4) is 0 Å². The van der Waals surface area contributed by atoms with Crippen LogP contribution in [0.25, 0.3) is 10.4 Å². The lowest BCUT2D eigenvalue weighted by Gasteiger charge is -2.20. The molecule has 0 rings (SSSR count). The van der Waals surface area contributed by atoms with Gasteiger partial charge in [0.15, 0.2) is 0 Å². The molecule has 0 fully saturated rings. The average Bonchev–Trinajstić information content (AvgIpc) is 2.68. The highest BCUT2D eigenvalue weighted by Crippen LogP contribution is 2.17. The van der Waals surface area contributed by atoms with Crippen molar-refractivity contribution in [1.82, 2.24) is 0 Å². The second-order valence-corrected chi connectivity index (χ2v) is 7.80. The van der Waals surface area contributed by atoms with Crippen LogP contribution in [0.15, 0.2) is 5.11 Å². The third-order valence-corrected chi connectivity index (χ3v) is 5.19. The van der Waals surface area contributed by atoms with Gasteiger partial charge in [0, 0.05) is 11.5 Å². The number of unbranched alkanes of at least 4 members (excludes halogenated alkanes) is 12. The Morgan fingerprint density at radius 1 is 0.815 bits per heavy atom. The highest BCUT2D eigenvalue weighted by atomic mass is 16.5. The number of aliphatic hydroxyl groups excluding tert-OH is 1. The van der Waals surface area contributed by atoms with E-state index in [1.165, 1.54) is 70.6 Å². The van der Waals surface area contributed by atoms with Crippen LogP contribution >= 0.6 is 0 Å². The summed E-state index contributed by atoms with van der Waals surface area (Å²) >= 11 is 0. The zero-order valence-electron chi connectivity index (χ0n) is 18.1. The number of nitrogens with zero attached hydrogens (tertiary/aromatic N) is 3. The van der Waals surface area contributed by atoms with Crippen molar-refractivity contribution in [2.75, 3.05) is 13.2 Å². The van der Waals surface area contributed by atoms with Gasteiger partial charge >= 0.3 is 0 Å². The van der Waals surface area contributed by atoms with Crippen molar-refractivity contribution < 1.29 is 9.84 Å². The Kier molecular flexibility index (Phi) is 20.9. The molecule has 0 aliphatic rings. The molecule has 5 heteroatoms. The molecule has 0 aromatic carbocycles. The van der Waals surface area contributed by atoms with E-state index in [4.69, 9.17) is 10.3 Å². The Bertz CT molecular complexity index is 346. The van der Waals surface area contributed by atoms with Crippen LogP contribution in [0.2, 0.25) is 0 Å². The van der Waals surface area contributed by atoms with Crippen LogP contribution in [0.5, 0.6) is 0 Å². The van der Waals surface area contributed by atoms with E-state index in [1.807, 2.05) is 0 Å². The SMILES string of the molecule is CCCCCCCCCCCCCC[C@H](C[C@H](CO)N=[N+]=[N-])OCCCC. The highest BCUT2D eigenvalue weighted by Gasteiger charge is 2.15. The quantitative estimate of drug-likeness (QED) is 0.0974. The fourth-order valence-corrected chi connectivity index (χ4v) is 3.41. The van der Waals surface area contributed by atoms with Crippen molar-refractivity contribution in [1.29, 1.82) is 0 Å². The van der Waals surface area contributed by atoms with Gasteiger partial charge in [-0.1, -0.05) is 102 Å². The molecule has 0 saturated heterocycles. The van der Waals surface area contributed by atoms with E-state index in [0.29, 0.717) is 6.42 Å². The van der Waals surface area contributed by atoms with Gasteiger partial charge < -0.3 is 9.84 Å². The molecule has 0 unspecified atom stereocenters. The van der Waals surface area contributed by atoms with Gasteiger partial charge in [-0.25, -0.2) is 0 Å². The summed E-state index contributed by atoms with van der Waals surface area (Å²) in [6, 6.07) is -0.362. The fourth-order valence-electron chi connectivity index (χ4n) is 3.41. The van der Waals surface area contributed by atoms with Gasteiger partial charge in [-0.3, -0.25) is 0 Å². The van der Waals surface area contributed by atoms with Gasteiger partial charge in [0.2, 0.25) is 0 Å². The van der Waals surface area contributed by atoms with Crippen molar-refractivity contribution in [2.24, 2.45) is 5.11 Å². The first-order chi connectivity index (χ1) is 13.3. The molecule has 5 nitrogen and oxygen atoms in total. The minimum Gasteiger partial charge on any atom is -0.396 e. The van der Waals surface area contributed by atoms with Gasteiger partial charge in [-0.15, -0.1) is 0 Å². The van der Waals surface area contributed by atoms with Crippen molar-refractivity contribution in [3.63, 3.8) is 0 Å². The van der Waals surface area contributed by atoms with E-state index in [-0.39, 0.29) is 18.8 Å².